The van der Waals surface area contributed by atoms with Crippen LogP contribution in [0.2, 0.25) is 0 Å². The molecule has 2 rings (SSSR count). The van der Waals surface area contributed by atoms with Gasteiger partial charge in [-0.15, -0.1) is 0 Å². The quantitative estimate of drug-likeness (QED) is 0.575. The van der Waals surface area contributed by atoms with Crippen molar-refractivity contribution in [2.75, 3.05) is 13.2 Å². The van der Waals surface area contributed by atoms with Crippen LogP contribution in [-0.2, 0) is 4.74 Å². The first-order valence-electron chi connectivity index (χ1n) is 3.54. The zero-order valence-corrected chi connectivity index (χ0v) is 5.73. The van der Waals surface area contributed by atoms with Gasteiger partial charge < -0.3 is 4.74 Å². The van der Waals surface area contributed by atoms with Crippen molar-refractivity contribution in [2.24, 2.45) is 0 Å². The highest BCUT2D eigenvalue weighted by atomic mass is 16.5. The Kier molecular flexibility index (Phi) is 1.43. The summed E-state index contributed by atoms with van der Waals surface area (Å²) in [6.45, 7) is 1.70. The fourth-order valence-corrected chi connectivity index (χ4v) is 1.23. The average molecular weight is 138 g/mol. The topological polar surface area (TPSA) is 27.1 Å². The summed E-state index contributed by atoms with van der Waals surface area (Å²) in [6.07, 6.45) is 4.89. The summed E-state index contributed by atoms with van der Waals surface area (Å²) in [7, 11) is 0. The molecular formula is C7H10N2O. The van der Waals surface area contributed by atoms with E-state index in [1.54, 1.807) is 6.20 Å². The van der Waals surface area contributed by atoms with E-state index in [4.69, 9.17) is 4.74 Å². The fraction of sp³-hybridized carbons (Fsp3) is 0.571. The Hall–Kier alpha value is -0.830. The van der Waals surface area contributed by atoms with Gasteiger partial charge in [-0.1, -0.05) is 0 Å². The van der Waals surface area contributed by atoms with Crippen LogP contribution in [0.4, 0.5) is 0 Å². The van der Waals surface area contributed by atoms with Gasteiger partial charge in [-0.3, -0.25) is 4.68 Å². The van der Waals surface area contributed by atoms with E-state index in [2.05, 4.69) is 5.10 Å². The third-order valence-electron chi connectivity index (χ3n) is 1.80. The summed E-state index contributed by atoms with van der Waals surface area (Å²) in [6, 6.07) is 2.42. The Morgan fingerprint density at radius 1 is 1.60 bits per heavy atom. The summed E-state index contributed by atoms with van der Waals surface area (Å²) in [5, 5.41) is 4.13. The molecule has 3 heteroatoms. The van der Waals surface area contributed by atoms with Crippen molar-refractivity contribution in [3.63, 3.8) is 0 Å². The van der Waals surface area contributed by atoms with Gasteiger partial charge in [-0.2, -0.15) is 5.10 Å². The van der Waals surface area contributed by atoms with Gasteiger partial charge in [0.2, 0.25) is 0 Å². The molecule has 0 radical (unpaired) electrons. The van der Waals surface area contributed by atoms with Crippen molar-refractivity contribution < 1.29 is 4.74 Å². The van der Waals surface area contributed by atoms with Crippen molar-refractivity contribution in [1.82, 2.24) is 9.78 Å². The number of hydrogen-bond acceptors (Lipinski definition) is 2. The first-order chi connectivity index (χ1) is 4.97. The maximum atomic E-state index is 5.22. The largest absolute Gasteiger partial charge is 0.379 e. The number of rotatable bonds is 1. The van der Waals surface area contributed by atoms with E-state index >= 15 is 0 Å². The number of ether oxygens (including phenoxy) is 1. The van der Waals surface area contributed by atoms with Gasteiger partial charge >= 0.3 is 0 Å². The van der Waals surface area contributed by atoms with Crippen molar-refractivity contribution in [2.45, 2.75) is 12.5 Å². The highest BCUT2D eigenvalue weighted by Crippen LogP contribution is 2.16. The van der Waals surface area contributed by atoms with Gasteiger partial charge in [0.05, 0.1) is 12.6 Å². The van der Waals surface area contributed by atoms with Crippen LogP contribution >= 0.6 is 0 Å². The average Bonchev–Trinajstić information content (AvgIpc) is 2.59. The molecule has 10 heavy (non-hydrogen) atoms. The zero-order valence-electron chi connectivity index (χ0n) is 5.73. The maximum absolute atomic E-state index is 5.22. The van der Waals surface area contributed by atoms with Crippen molar-refractivity contribution in [1.29, 1.82) is 0 Å². The lowest BCUT2D eigenvalue weighted by Gasteiger charge is -2.05. The first kappa shape index (κ1) is 5.92. The van der Waals surface area contributed by atoms with Gasteiger partial charge in [0, 0.05) is 19.0 Å². The molecule has 2 heterocycles. The van der Waals surface area contributed by atoms with E-state index in [0.717, 1.165) is 19.6 Å². The first-order valence-corrected chi connectivity index (χ1v) is 3.54. The minimum atomic E-state index is 0.481. The Bertz CT molecular complexity index is 189. The molecule has 1 aliphatic heterocycles. The minimum Gasteiger partial charge on any atom is -0.379 e. The van der Waals surface area contributed by atoms with Crippen LogP contribution in [-0.4, -0.2) is 23.0 Å². The second kappa shape index (κ2) is 2.42. The molecule has 54 valence electrons. The van der Waals surface area contributed by atoms with Gasteiger partial charge in [0.1, 0.15) is 0 Å². The van der Waals surface area contributed by atoms with Gasteiger partial charge in [-0.25, -0.2) is 0 Å². The second-order valence-corrected chi connectivity index (χ2v) is 2.50. The van der Waals surface area contributed by atoms with Crippen LogP contribution in [0.3, 0.4) is 0 Å². The molecule has 1 aromatic rings. The standard InChI is InChI=1S/C7H10N2O/c1-3-8-9(4-1)7-2-5-10-6-7/h1,3-4,7H,2,5-6H2. The lowest BCUT2D eigenvalue weighted by Crippen LogP contribution is -2.08. The molecule has 3 nitrogen and oxygen atoms in total. The van der Waals surface area contributed by atoms with Crippen LogP contribution in [0.5, 0.6) is 0 Å². The second-order valence-electron chi connectivity index (χ2n) is 2.50. The molecule has 0 spiro atoms. The van der Waals surface area contributed by atoms with E-state index in [-0.39, 0.29) is 0 Å². The molecule has 0 saturated carbocycles. The predicted octanol–water partition coefficient (Wildman–Crippen LogP) is 0.844. The van der Waals surface area contributed by atoms with E-state index < -0.39 is 0 Å². The lowest BCUT2D eigenvalue weighted by atomic mass is 10.3. The Morgan fingerprint density at radius 3 is 3.20 bits per heavy atom. The highest BCUT2D eigenvalue weighted by molar-refractivity contribution is 4.82. The lowest BCUT2D eigenvalue weighted by molar-refractivity contribution is 0.184. The molecule has 1 saturated heterocycles. The van der Waals surface area contributed by atoms with Gasteiger partial charge in [0.25, 0.3) is 0 Å². The van der Waals surface area contributed by atoms with Crippen LogP contribution < -0.4 is 0 Å². The van der Waals surface area contributed by atoms with E-state index in [0.29, 0.717) is 6.04 Å². The van der Waals surface area contributed by atoms with E-state index in [9.17, 15) is 0 Å². The van der Waals surface area contributed by atoms with Crippen molar-refractivity contribution in [3.05, 3.63) is 18.5 Å². The fourth-order valence-electron chi connectivity index (χ4n) is 1.23. The molecule has 1 atom stereocenters. The smallest absolute Gasteiger partial charge is 0.0774 e. The van der Waals surface area contributed by atoms with Crippen molar-refractivity contribution in [3.8, 4) is 0 Å². The zero-order chi connectivity index (χ0) is 6.81. The number of hydrogen-bond donors (Lipinski definition) is 0. The normalized spacial score (nSPS) is 25.4. The third kappa shape index (κ3) is 0.926. The molecule has 1 aromatic heterocycles. The molecule has 0 amide bonds. The van der Waals surface area contributed by atoms with Crippen molar-refractivity contribution >= 4 is 0 Å². The molecular weight excluding hydrogens is 128 g/mol. The van der Waals surface area contributed by atoms with Crippen LogP contribution in [0.25, 0.3) is 0 Å². The third-order valence-corrected chi connectivity index (χ3v) is 1.80. The summed E-state index contributed by atoms with van der Waals surface area (Å²) in [4.78, 5) is 0. The summed E-state index contributed by atoms with van der Waals surface area (Å²) < 4.78 is 7.19. The molecule has 0 aromatic carbocycles. The predicted molar refractivity (Wildman–Crippen MR) is 36.7 cm³/mol. The maximum Gasteiger partial charge on any atom is 0.0774 e. The highest BCUT2D eigenvalue weighted by Gasteiger charge is 2.16. The number of aromatic nitrogens is 2. The molecule has 0 N–H and O–H groups in total. The number of nitrogens with zero attached hydrogens (tertiary/aromatic N) is 2. The van der Waals surface area contributed by atoms with Gasteiger partial charge in [-0.05, 0) is 12.5 Å². The van der Waals surface area contributed by atoms with Gasteiger partial charge in [0.15, 0.2) is 0 Å². The Morgan fingerprint density at radius 2 is 2.60 bits per heavy atom. The molecule has 1 unspecified atom stereocenters. The Balaban J connectivity index is 2.12. The Labute approximate surface area is 59.6 Å². The molecule has 0 aliphatic carbocycles. The van der Waals surface area contributed by atoms with Crippen LogP contribution in [0.15, 0.2) is 18.5 Å². The van der Waals surface area contributed by atoms with E-state index in [1.807, 2.05) is 16.9 Å². The van der Waals surface area contributed by atoms with Crippen LogP contribution in [0.1, 0.15) is 12.5 Å². The molecule has 1 fully saturated rings. The summed E-state index contributed by atoms with van der Waals surface area (Å²) in [5.41, 5.74) is 0. The van der Waals surface area contributed by atoms with E-state index in [1.165, 1.54) is 0 Å². The molecule has 1 aliphatic rings. The summed E-state index contributed by atoms with van der Waals surface area (Å²) in [5.74, 6) is 0. The van der Waals surface area contributed by atoms with Crippen LogP contribution in [0, 0.1) is 0 Å². The molecule has 0 bridgehead atoms. The summed E-state index contributed by atoms with van der Waals surface area (Å²) >= 11 is 0. The minimum absolute atomic E-state index is 0.481. The monoisotopic (exact) mass is 138 g/mol. The SMILES string of the molecule is c1cnn(C2CCOC2)c1.